The molecular formula is C12H17Cl3N2. The molecule has 2 rings (SSSR count). The molecule has 1 aliphatic rings. The van der Waals surface area contributed by atoms with Crippen molar-refractivity contribution >= 4 is 35.6 Å². The van der Waals surface area contributed by atoms with Gasteiger partial charge >= 0.3 is 0 Å². The first kappa shape index (κ1) is 15.1. The standard InChI is InChI=1S/C12H16Cl2N2.ClH/c1-15-11-4-5-16(8-11)7-9-2-3-10(13)6-12(9)14;/h2-3,6,11,15H,4-5,7-8H2,1H3;1H. The van der Waals surface area contributed by atoms with Crippen molar-refractivity contribution in [3.8, 4) is 0 Å². The molecular weight excluding hydrogens is 279 g/mol. The van der Waals surface area contributed by atoms with E-state index in [2.05, 4.69) is 10.2 Å². The summed E-state index contributed by atoms with van der Waals surface area (Å²) in [4.78, 5) is 2.41. The van der Waals surface area contributed by atoms with E-state index in [0.717, 1.165) is 30.2 Å². The minimum atomic E-state index is 0. The summed E-state index contributed by atoms with van der Waals surface area (Å²) in [5.41, 5.74) is 1.16. The zero-order valence-electron chi connectivity index (χ0n) is 9.75. The van der Waals surface area contributed by atoms with Gasteiger partial charge in [-0.2, -0.15) is 0 Å². The fourth-order valence-corrected chi connectivity index (χ4v) is 2.57. The zero-order chi connectivity index (χ0) is 11.5. The van der Waals surface area contributed by atoms with E-state index in [9.17, 15) is 0 Å². The molecule has 1 unspecified atom stereocenters. The Bertz CT molecular complexity index is 371. The van der Waals surface area contributed by atoms with Gasteiger partial charge in [0.05, 0.1) is 0 Å². The van der Waals surface area contributed by atoms with E-state index in [4.69, 9.17) is 23.2 Å². The van der Waals surface area contributed by atoms with Gasteiger partial charge < -0.3 is 5.32 Å². The minimum Gasteiger partial charge on any atom is -0.316 e. The van der Waals surface area contributed by atoms with Crippen molar-refractivity contribution in [3.05, 3.63) is 33.8 Å². The van der Waals surface area contributed by atoms with Gasteiger partial charge in [-0.3, -0.25) is 4.90 Å². The number of halogens is 3. The van der Waals surface area contributed by atoms with Crippen molar-refractivity contribution in [2.75, 3.05) is 20.1 Å². The predicted molar refractivity (Wildman–Crippen MR) is 76.5 cm³/mol. The summed E-state index contributed by atoms with van der Waals surface area (Å²) in [5, 5.41) is 4.77. The molecule has 1 saturated heterocycles. The van der Waals surface area contributed by atoms with Crippen molar-refractivity contribution in [2.45, 2.75) is 19.0 Å². The number of nitrogens with zero attached hydrogens (tertiary/aromatic N) is 1. The lowest BCUT2D eigenvalue weighted by atomic mass is 10.2. The van der Waals surface area contributed by atoms with E-state index in [1.807, 2.05) is 25.2 Å². The van der Waals surface area contributed by atoms with Crippen LogP contribution in [-0.4, -0.2) is 31.1 Å². The average molecular weight is 296 g/mol. The lowest BCUT2D eigenvalue weighted by Crippen LogP contribution is -2.29. The van der Waals surface area contributed by atoms with Gasteiger partial charge in [-0.15, -0.1) is 12.4 Å². The molecule has 0 saturated carbocycles. The number of nitrogens with one attached hydrogen (secondary N) is 1. The van der Waals surface area contributed by atoms with Crippen LogP contribution in [0.1, 0.15) is 12.0 Å². The zero-order valence-corrected chi connectivity index (χ0v) is 12.1. The molecule has 1 N–H and O–H groups in total. The molecule has 1 fully saturated rings. The number of hydrogen-bond donors (Lipinski definition) is 1. The molecule has 17 heavy (non-hydrogen) atoms. The van der Waals surface area contributed by atoms with Gasteiger partial charge in [-0.1, -0.05) is 29.3 Å². The molecule has 1 atom stereocenters. The van der Waals surface area contributed by atoms with Crippen LogP contribution in [0.3, 0.4) is 0 Å². The summed E-state index contributed by atoms with van der Waals surface area (Å²) in [7, 11) is 2.02. The van der Waals surface area contributed by atoms with Gasteiger partial charge in [-0.25, -0.2) is 0 Å². The van der Waals surface area contributed by atoms with E-state index in [-0.39, 0.29) is 12.4 Å². The van der Waals surface area contributed by atoms with Gasteiger partial charge in [0.25, 0.3) is 0 Å². The summed E-state index contributed by atoms with van der Waals surface area (Å²) in [6.07, 6.45) is 1.21. The summed E-state index contributed by atoms with van der Waals surface area (Å²) in [5.74, 6) is 0. The Kier molecular flexibility index (Phi) is 6.04. The minimum absolute atomic E-state index is 0. The Morgan fingerprint density at radius 3 is 2.76 bits per heavy atom. The number of benzene rings is 1. The molecule has 0 amide bonds. The highest BCUT2D eigenvalue weighted by Gasteiger charge is 2.21. The number of likely N-dealkylation sites (tertiary alicyclic amines) is 1. The van der Waals surface area contributed by atoms with Gasteiger partial charge in [0.1, 0.15) is 0 Å². The highest BCUT2D eigenvalue weighted by atomic mass is 35.5. The highest BCUT2D eigenvalue weighted by Crippen LogP contribution is 2.23. The maximum absolute atomic E-state index is 6.15. The number of hydrogen-bond acceptors (Lipinski definition) is 2. The third-order valence-electron chi connectivity index (χ3n) is 3.09. The first-order valence-corrected chi connectivity index (χ1v) is 6.28. The Hall–Kier alpha value is 0.01000. The van der Waals surface area contributed by atoms with Crippen LogP contribution >= 0.6 is 35.6 Å². The van der Waals surface area contributed by atoms with E-state index in [1.165, 1.54) is 6.42 Å². The van der Waals surface area contributed by atoms with Crippen LogP contribution < -0.4 is 5.32 Å². The molecule has 0 aliphatic carbocycles. The second kappa shape index (κ2) is 6.81. The van der Waals surface area contributed by atoms with Gasteiger partial charge in [-0.05, 0) is 31.2 Å². The maximum atomic E-state index is 6.15. The number of likely N-dealkylation sites (N-methyl/N-ethyl adjacent to an activating group) is 1. The fourth-order valence-electron chi connectivity index (χ4n) is 2.10. The fraction of sp³-hybridized carbons (Fsp3) is 0.500. The lowest BCUT2D eigenvalue weighted by molar-refractivity contribution is 0.322. The lowest BCUT2D eigenvalue weighted by Gasteiger charge is -2.16. The van der Waals surface area contributed by atoms with Gasteiger partial charge in [0, 0.05) is 35.7 Å². The van der Waals surface area contributed by atoms with Crippen LogP contribution in [0.4, 0.5) is 0 Å². The molecule has 1 aromatic rings. The quantitative estimate of drug-likeness (QED) is 0.921. The van der Waals surface area contributed by atoms with Crippen LogP contribution in [0.5, 0.6) is 0 Å². The van der Waals surface area contributed by atoms with Gasteiger partial charge in [0.15, 0.2) is 0 Å². The Morgan fingerprint density at radius 1 is 1.41 bits per heavy atom. The molecule has 0 bridgehead atoms. The van der Waals surface area contributed by atoms with Crippen molar-refractivity contribution in [1.82, 2.24) is 10.2 Å². The van der Waals surface area contributed by atoms with Crippen molar-refractivity contribution in [1.29, 1.82) is 0 Å². The third kappa shape index (κ3) is 4.01. The van der Waals surface area contributed by atoms with E-state index in [0.29, 0.717) is 11.1 Å². The Balaban J connectivity index is 0.00000144. The molecule has 1 aliphatic heterocycles. The van der Waals surface area contributed by atoms with Gasteiger partial charge in [0.2, 0.25) is 0 Å². The second-order valence-electron chi connectivity index (χ2n) is 4.25. The van der Waals surface area contributed by atoms with E-state index in [1.54, 1.807) is 0 Å². The maximum Gasteiger partial charge on any atom is 0.0465 e. The van der Waals surface area contributed by atoms with Crippen LogP contribution in [0.15, 0.2) is 18.2 Å². The Morgan fingerprint density at radius 2 is 2.18 bits per heavy atom. The van der Waals surface area contributed by atoms with Crippen LogP contribution in [-0.2, 0) is 6.54 Å². The number of rotatable bonds is 3. The highest BCUT2D eigenvalue weighted by molar-refractivity contribution is 6.35. The normalized spacial score (nSPS) is 20.3. The smallest absolute Gasteiger partial charge is 0.0465 e. The first-order chi connectivity index (χ1) is 7.69. The van der Waals surface area contributed by atoms with Crippen LogP contribution in [0, 0.1) is 0 Å². The predicted octanol–water partition coefficient (Wildman–Crippen LogP) is 3.21. The molecule has 1 aromatic carbocycles. The third-order valence-corrected chi connectivity index (χ3v) is 3.68. The average Bonchev–Trinajstić information content (AvgIpc) is 2.70. The summed E-state index contributed by atoms with van der Waals surface area (Å²) < 4.78 is 0. The Labute approximate surface area is 119 Å². The largest absolute Gasteiger partial charge is 0.316 e. The topological polar surface area (TPSA) is 15.3 Å². The molecule has 96 valence electrons. The van der Waals surface area contributed by atoms with Crippen LogP contribution in [0.25, 0.3) is 0 Å². The molecule has 2 nitrogen and oxygen atoms in total. The van der Waals surface area contributed by atoms with Crippen LogP contribution in [0.2, 0.25) is 10.0 Å². The first-order valence-electron chi connectivity index (χ1n) is 5.52. The molecule has 0 aromatic heterocycles. The monoisotopic (exact) mass is 294 g/mol. The molecule has 0 radical (unpaired) electrons. The molecule has 0 spiro atoms. The summed E-state index contributed by atoms with van der Waals surface area (Å²) >= 11 is 12.0. The molecule has 1 heterocycles. The van der Waals surface area contributed by atoms with Crippen molar-refractivity contribution < 1.29 is 0 Å². The second-order valence-corrected chi connectivity index (χ2v) is 5.09. The SMILES string of the molecule is CNC1CCN(Cc2ccc(Cl)cc2Cl)C1.Cl. The summed E-state index contributed by atoms with van der Waals surface area (Å²) in [6.45, 7) is 3.13. The van der Waals surface area contributed by atoms with Crippen molar-refractivity contribution in [2.24, 2.45) is 0 Å². The van der Waals surface area contributed by atoms with E-state index < -0.39 is 0 Å². The van der Waals surface area contributed by atoms with E-state index >= 15 is 0 Å². The molecule has 5 heteroatoms. The van der Waals surface area contributed by atoms with Crippen molar-refractivity contribution in [3.63, 3.8) is 0 Å². The summed E-state index contributed by atoms with van der Waals surface area (Å²) in [6, 6.07) is 6.33.